The van der Waals surface area contributed by atoms with Gasteiger partial charge in [0.2, 0.25) is 5.91 Å². The third-order valence-corrected chi connectivity index (χ3v) is 8.91. The summed E-state index contributed by atoms with van der Waals surface area (Å²) >= 11 is 0. The molecule has 12 heteroatoms. The number of anilines is 1. The minimum Gasteiger partial charge on any atom is -0.361 e. The van der Waals surface area contributed by atoms with Crippen LogP contribution in [-0.2, 0) is 28.1 Å². The van der Waals surface area contributed by atoms with E-state index in [0.29, 0.717) is 19.0 Å². The average molecular weight is 572 g/mol. The van der Waals surface area contributed by atoms with Gasteiger partial charge in [0, 0.05) is 32.5 Å². The van der Waals surface area contributed by atoms with E-state index in [-0.39, 0.29) is 30.8 Å². The van der Waals surface area contributed by atoms with Crippen molar-refractivity contribution in [3.05, 3.63) is 59.7 Å². The number of benzene rings is 1. The monoisotopic (exact) mass is 571 g/mol. The summed E-state index contributed by atoms with van der Waals surface area (Å²) in [6, 6.07) is 11.7. The summed E-state index contributed by atoms with van der Waals surface area (Å²) in [6.07, 6.45) is -2.69. The van der Waals surface area contributed by atoms with Crippen LogP contribution in [0.5, 0.6) is 0 Å². The number of aromatic nitrogens is 4. The Morgan fingerprint density at radius 3 is 2.52 bits per heavy atom. The Morgan fingerprint density at radius 1 is 1.15 bits per heavy atom. The Morgan fingerprint density at radius 2 is 1.88 bits per heavy atom. The lowest BCUT2D eigenvalue weighted by Gasteiger charge is -2.16. The van der Waals surface area contributed by atoms with Crippen LogP contribution < -0.4 is 5.32 Å². The third kappa shape index (κ3) is 5.97. The Kier molecular flexibility index (Phi) is 7.34. The number of carbonyl (C=O) groups is 1. The fourth-order valence-corrected chi connectivity index (χ4v) is 5.27. The molecule has 0 bridgehead atoms. The van der Waals surface area contributed by atoms with E-state index >= 15 is 0 Å². The highest BCUT2D eigenvalue weighted by molar-refractivity contribution is 6.76. The second kappa shape index (κ2) is 10.5. The number of fused-ring (bicyclic) bond motifs is 1. The number of hydrogen-bond donors (Lipinski definition) is 1. The van der Waals surface area contributed by atoms with Gasteiger partial charge in [0.05, 0.1) is 11.9 Å². The first kappa shape index (κ1) is 28.0. The molecule has 1 amide bonds. The second-order valence-corrected chi connectivity index (χ2v) is 17.2. The van der Waals surface area contributed by atoms with Crippen molar-refractivity contribution in [1.29, 1.82) is 0 Å². The van der Waals surface area contributed by atoms with E-state index in [4.69, 9.17) is 9.26 Å². The summed E-state index contributed by atoms with van der Waals surface area (Å²) < 4.78 is 52.8. The van der Waals surface area contributed by atoms with Gasteiger partial charge < -0.3 is 19.1 Å². The van der Waals surface area contributed by atoms with Gasteiger partial charge in [-0.05, 0) is 43.0 Å². The van der Waals surface area contributed by atoms with Crippen LogP contribution in [0.4, 0.5) is 19.0 Å². The molecule has 0 spiro atoms. The van der Waals surface area contributed by atoms with Gasteiger partial charge in [0.1, 0.15) is 18.0 Å². The zero-order valence-electron chi connectivity index (χ0n) is 22.9. The van der Waals surface area contributed by atoms with Gasteiger partial charge >= 0.3 is 6.18 Å². The number of rotatable bonds is 10. The van der Waals surface area contributed by atoms with E-state index in [1.54, 1.807) is 6.20 Å². The molecule has 1 aliphatic rings. The molecule has 0 saturated heterocycles. The van der Waals surface area contributed by atoms with E-state index < -0.39 is 25.6 Å². The van der Waals surface area contributed by atoms with Crippen LogP contribution in [0, 0.1) is 6.92 Å². The fraction of sp³-hybridized carbons (Fsp3) is 0.429. The van der Waals surface area contributed by atoms with E-state index in [1.165, 1.54) is 0 Å². The molecule has 8 nitrogen and oxygen atoms in total. The molecule has 1 fully saturated rings. The predicted molar refractivity (Wildman–Crippen MR) is 148 cm³/mol. The maximum Gasteiger partial charge on any atom is 0.401 e. The summed E-state index contributed by atoms with van der Waals surface area (Å²) in [7, 11) is -1.18. The Labute approximate surface area is 230 Å². The van der Waals surface area contributed by atoms with Crippen LogP contribution in [0.15, 0.2) is 47.1 Å². The SMILES string of the molecule is Cc1nc2ncc(-c3ccc(CC(=O)Nc4cc(C5(C(F)(F)F)CC5)on4)cc3)cc2n1COCC[Si](C)(C)C. The van der Waals surface area contributed by atoms with Crippen molar-refractivity contribution in [2.75, 3.05) is 11.9 Å². The Hall–Kier alpha value is -3.51. The molecule has 4 aromatic rings. The number of pyridine rings is 1. The number of amides is 1. The van der Waals surface area contributed by atoms with Crippen LogP contribution in [0.1, 0.15) is 30.0 Å². The molecule has 5 rings (SSSR count). The number of nitrogens with zero attached hydrogens (tertiary/aromatic N) is 4. The highest BCUT2D eigenvalue weighted by Gasteiger charge is 2.66. The average Bonchev–Trinajstić information content (AvgIpc) is 3.48. The zero-order valence-corrected chi connectivity index (χ0v) is 23.9. The van der Waals surface area contributed by atoms with Crippen molar-refractivity contribution < 1.29 is 27.2 Å². The largest absolute Gasteiger partial charge is 0.401 e. The summed E-state index contributed by atoms with van der Waals surface area (Å²) in [4.78, 5) is 21.6. The molecule has 0 unspecified atom stereocenters. The minimum atomic E-state index is -4.41. The number of imidazole rings is 1. The summed E-state index contributed by atoms with van der Waals surface area (Å²) in [5, 5.41) is 6.14. The van der Waals surface area contributed by atoms with Gasteiger partial charge in [-0.1, -0.05) is 49.1 Å². The van der Waals surface area contributed by atoms with Crippen LogP contribution in [-0.4, -0.2) is 46.5 Å². The molecule has 0 aliphatic heterocycles. The topological polar surface area (TPSA) is 95.1 Å². The molecule has 1 aromatic carbocycles. The second-order valence-electron chi connectivity index (χ2n) is 11.6. The van der Waals surface area contributed by atoms with E-state index in [0.717, 1.165) is 40.1 Å². The van der Waals surface area contributed by atoms with Crippen molar-refractivity contribution in [3.8, 4) is 11.1 Å². The molecule has 212 valence electrons. The van der Waals surface area contributed by atoms with Gasteiger partial charge in [-0.2, -0.15) is 13.2 Å². The van der Waals surface area contributed by atoms with E-state index in [2.05, 4.69) is 40.1 Å². The molecular weight excluding hydrogens is 539 g/mol. The number of ether oxygens (including phenoxy) is 1. The number of aryl methyl sites for hydroxylation is 1. The highest BCUT2D eigenvalue weighted by atomic mass is 28.3. The lowest BCUT2D eigenvalue weighted by molar-refractivity contribution is -0.165. The first-order chi connectivity index (χ1) is 18.8. The van der Waals surface area contributed by atoms with Gasteiger partial charge in [-0.3, -0.25) is 4.79 Å². The molecule has 3 aromatic heterocycles. The number of halogens is 3. The highest BCUT2D eigenvalue weighted by Crippen LogP contribution is 2.59. The van der Waals surface area contributed by atoms with Crippen LogP contribution in [0.2, 0.25) is 25.7 Å². The molecule has 1 saturated carbocycles. The lowest BCUT2D eigenvalue weighted by Crippen LogP contribution is -2.28. The third-order valence-electron chi connectivity index (χ3n) is 7.21. The first-order valence-corrected chi connectivity index (χ1v) is 16.9. The summed E-state index contributed by atoms with van der Waals surface area (Å²) in [6.45, 7) is 10.0. The molecule has 40 heavy (non-hydrogen) atoms. The summed E-state index contributed by atoms with van der Waals surface area (Å²) in [5.41, 5.74) is 2.13. The number of carbonyl (C=O) groups excluding carboxylic acids is 1. The van der Waals surface area contributed by atoms with Gasteiger partial charge in [0.15, 0.2) is 17.2 Å². The van der Waals surface area contributed by atoms with Crippen LogP contribution in [0.25, 0.3) is 22.3 Å². The van der Waals surface area contributed by atoms with Crippen molar-refractivity contribution >= 4 is 31.0 Å². The molecule has 1 N–H and O–H groups in total. The number of hydrogen-bond acceptors (Lipinski definition) is 6. The standard InChI is InChI=1S/C28H32F3N5O3Si/c1-18-33-26-22(36(18)17-38-11-12-40(2,3)4)14-21(16-32-26)20-7-5-19(6-8-20)13-25(37)34-24-15-23(39-35-24)27(9-10-27)28(29,30)31/h5-8,14-16H,9-13,17H2,1-4H3,(H,34,35,37). The molecule has 1 aliphatic carbocycles. The maximum atomic E-state index is 13.3. The Bertz CT molecular complexity index is 1520. The molecule has 3 heterocycles. The maximum absolute atomic E-state index is 13.3. The smallest absolute Gasteiger partial charge is 0.361 e. The van der Waals surface area contributed by atoms with Crippen molar-refractivity contribution in [2.45, 2.75) is 70.2 Å². The normalized spacial score (nSPS) is 15.0. The molecular formula is C28H32F3N5O3Si. The zero-order chi connectivity index (χ0) is 28.7. The quantitative estimate of drug-likeness (QED) is 0.173. The Balaban J connectivity index is 1.22. The van der Waals surface area contributed by atoms with E-state index in [1.807, 2.05) is 41.8 Å². The van der Waals surface area contributed by atoms with Crippen molar-refractivity contribution in [2.24, 2.45) is 0 Å². The summed E-state index contributed by atoms with van der Waals surface area (Å²) in [5.74, 6) is 0.141. The first-order valence-electron chi connectivity index (χ1n) is 13.2. The van der Waals surface area contributed by atoms with Crippen LogP contribution in [0.3, 0.4) is 0 Å². The number of nitrogens with one attached hydrogen (secondary N) is 1. The number of alkyl halides is 3. The van der Waals surface area contributed by atoms with E-state index in [9.17, 15) is 18.0 Å². The van der Waals surface area contributed by atoms with Crippen molar-refractivity contribution in [1.82, 2.24) is 19.7 Å². The van der Waals surface area contributed by atoms with Gasteiger partial charge in [0.25, 0.3) is 0 Å². The van der Waals surface area contributed by atoms with Crippen LogP contribution >= 0.6 is 0 Å². The molecule has 0 radical (unpaired) electrons. The minimum absolute atomic E-state index is 0.0251. The van der Waals surface area contributed by atoms with Gasteiger partial charge in [-0.25, -0.2) is 9.97 Å². The fourth-order valence-electron chi connectivity index (χ4n) is 4.52. The lowest BCUT2D eigenvalue weighted by atomic mass is 10.0. The predicted octanol–water partition coefficient (Wildman–Crippen LogP) is 6.48. The van der Waals surface area contributed by atoms with Gasteiger partial charge in [-0.15, -0.1) is 0 Å². The van der Waals surface area contributed by atoms with Crippen molar-refractivity contribution in [3.63, 3.8) is 0 Å². The molecule has 0 atom stereocenters.